The van der Waals surface area contributed by atoms with E-state index in [0.29, 0.717) is 34.8 Å². The number of methoxy groups -OCH3 is 3. The van der Waals surface area contributed by atoms with Crippen LogP contribution >= 0.6 is 0 Å². The van der Waals surface area contributed by atoms with E-state index >= 15 is 0 Å². The first-order chi connectivity index (χ1) is 18.2. The van der Waals surface area contributed by atoms with Crippen LogP contribution in [0.25, 0.3) is 0 Å². The van der Waals surface area contributed by atoms with Crippen LogP contribution in [0.3, 0.4) is 0 Å². The van der Waals surface area contributed by atoms with Gasteiger partial charge in [0.15, 0.2) is 17.3 Å². The highest BCUT2D eigenvalue weighted by Crippen LogP contribution is 2.47. The number of ether oxygens (including phenoxy) is 3. The third kappa shape index (κ3) is 4.64. The Bertz CT molecular complexity index is 1370. The maximum atomic E-state index is 13.8. The summed E-state index contributed by atoms with van der Waals surface area (Å²) in [7, 11) is 4.61. The Morgan fingerprint density at radius 3 is 2.03 bits per heavy atom. The van der Waals surface area contributed by atoms with E-state index in [1.54, 1.807) is 0 Å². The van der Waals surface area contributed by atoms with Crippen LogP contribution in [-0.2, 0) is 11.0 Å². The van der Waals surface area contributed by atoms with E-state index < -0.39 is 17.8 Å². The Kier molecular flexibility index (Phi) is 6.69. The molecule has 3 aromatic carbocycles. The number of ketones is 1. The Morgan fingerprint density at radius 1 is 0.816 bits per heavy atom. The molecule has 0 saturated heterocycles. The molecule has 9 heteroatoms. The SMILES string of the molecule is COc1cc([C@H]2CC(=O)C3=C(C2)Nc2ccccc2N[C@@H]3c2ccc(C(F)(F)F)cc2)cc(OC)c1OC. The van der Waals surface area contributed by atoms with Crippen molar-refractivity contribution >= 4 is 17.2 Å². The molecule has 1 aliphatic heterocycles. The molecule has 3 aromatic rings. The van der Waals surface area contributed by atoms with Gasteiger partial charge in [-0.3, -0.25) is 4.79 Å². The van der Waals surface area contributed by atoms with E-state index in [4.69, 9.17) is 14.2 Å². The normalized spacial score (nSPS) is 18.9. The van der Waals surface area contributed by atoms with Crippen molar-refractivity contribution in [1.29, 1.82) is 0 Å². The maximum absolute atomic E-state index is 13.8. The second-order valence-electron chi connectivity index (χ2n) is 9.25. The maximum Gasteiger partial charge on any atom is 0.416 e. The average molecular weight is 525 g/mol. The molecule has 38 heavy (non-hydrogen) atoms. The van der Waals surface area contributed by atoms with E-state index in [1.807, 2.05) is 36.4 Å². The zero-order chi connectivity index (χ0) is 27.0. The number of Topliss-reactive ketones (excluding diaryl/α,β-unsaturated/α-hetero) is 1. The van der Waals surface area contributed by atoms with Gasteiger partial charge in [0.25, 0.3) is 0 Å². The van der Waals surface area contributed by atoms with Gasteiger partial charge in [-0.2, -0.15) is 13.2 Å². The van der Waals surface area contributed by atoms with Crippen LogP contribution in [0, 0.1) is 0 Å². The van der Waals surface area contributed by atoms with E-state index in [1.165, 1.54) is 33.5 Å². The smallest absolute Gasteiger partial charge is 0.416 e. The first-order valence-corrected chi connectivity index (χ1v) is 12.1. The Morgan fingerprint density at radius 2 is 1.45 bits per heavy atom. The second-order valence-corrected chi connectivity index (χ2v) is 9.25. The number of nitrogens with one attached hydrogen (secondary N) is 2. The van der Waals surface area contributed by atoms with Crippen LogP contribution < -0.4 is 24.8 Å². The first-order valence-electron chi connectivity index (χ1n) is 12.1. The van der Waals surface area contributed by atoms with Gasteiger partial charge in [0.2, 0.25) is 5.75 Å². The van der Waals surface area contributed by atoms with Gasteiger partial charge in [0, 0.05) is 17.7 Å². The van der Waals surface area contributed by atoms with Crippen molar-refractivity contribution in [3.8, 4) is 17.2 Å². The summed E-state index contributed by atoms with van der Waals surface area (Å²) in [5, 5.41) is 6.83. The number of carbonyl (C=O) groups excluding carboxylic acids is 1. The van der Waals surface area contributed by atoms with Crippen molar-refractivity contribution < 1.29 is 32.2 Å². The molecule has 0 bridgehead atoms. The number of rotatable bonds is 5. The topological polar surface area (TPSA) is 68.8 Å². The Balaban J connectivity index is 1.58. The summed E-state index contributed by atoms with van der Waals surface area (Å²) in [6.07, 6.45) is -3.72. The lowest BCUT2D eigenvalue weighted by molar-refractivity contribution is -0.137. The summed E-state index contributed by atoms with van der Waals surface area (Å²) in [5.74, 6) is 1.19. The molecule has 0 saturated carbocycles. The molecule has 2 aliphatic rings. The fourth-order valence-electron chi connectivity index (χ4n) is 5.18. The van der Waals surface area contributed by atoms with Crippen LogP contribution in [0.15, 0.2) is 71.9 Å². The van der Waals surface area contributed by atoms with Gasteiger partial charge in [-0.25, -0.2) is 0 Å². The van der Waals surface area contributed by atoms with Crippen molar-refractivity contribution in [2.24, 2.45) is 0 Å². The molecule has 0 aromatic heterocycles. The minimum Gasteiger partial charge on any atom is -0.493 e. The summed E-state index contributed by atoms with van der Waals surface area (Å²) < 4.78 is 56.1. The zero-order valence-electron chi connectivity index (χ0n) is 21.1. The lowest BCUT2D eigenvalue weighted by atomic mass is 9.78. The third-order valence-electron chi connectivity index (χ3n) is 7.04. The predicted molar refractivity (Wildman–Crippen MR) is 138 cm³/mol. The minimum absolute atomic E-state index is 0.0947. The summed E-state index contributed by atoms with van der Waals surface area (Å²) >= 11 is 0. The number of hydrogen-bond acceptors (Lipinski definition) is 6. The standard InChI is InChI=1S/C29H27F3N2O4/c1-36-24-14-18(15-25(37-2)28(24)38-3)17-12-22-26(23(35)13-17)27(34-21-7-5-4-6-20(21)33-22)16-8-10-19(11-9-16)29(30,31)32/h4-11,14-15,17,27,33-34H,12-13H2,1-3H3/t17-,27-/m1/s1. The first kappa shape index (κ1) is 25.5. The number of carbonyl (C=O) groups is 1. The Labute approximate surface area is 218 Å². The summed E-state index contributed by atoms with van der Waals surface area (Å²) in [6.45, 7) is 0. The molecule has 0 unspecified atom stereocenters. The molecule has 6 nitrogen and oxygen atoms in total. The number of halogens is 3. The largest absolute Gasteiger partial charge is 0.493 e. The van der Waals surface area contributed by atoms with Crippen LogP contribution in [0.4, 0.5) is 24.5 Å². The monoisotopic (exact) mass is 524 g/mol. The van der Waals surface area contributed by atoms with Gasteiger partial charge in [-0.15, -0.1) is 0 Å². The van der Waals surface area contributed by atoms with Gasteiger partial charge in [-0.1, -0.05) is 24.3 Å². The average Bonchev–Trinajstić information content (AvgIpc) is 3.08. The minimum atomic E-state index is -4.44. The van der Waals surface area contributed by atoms with E-state index in [0.717, 1.165) is 34.8 Å². The van der Waals surface area contributed by atoms with Crippen molar-refractivity contribution in [3.63, 3.8) is 0 Å². The van der Waals surface area contributed by atoms with Crippen LogP contribution in [0.5, 0.6) is 17.2 Å². The highest BCUT2D eigenvalue weighted by atomic mass is 19.4. The summed E-state index contributed by atoms with van der Waals surface area (Å²) in [6, 6.07) is 15.6. The molecule has 0 spiro atoms. The van der Waals surface area contributed by atoms with Crippen molar-refractivity contribution in [1.82, 2.24) is 0 Å². The molecular weight excluding hydrogens is 497 g/mol. The molecular formula is C29H27F3N2O4. The van der Waals surface area contributed by atoms with Gasteiger partial charge in [-0.05, 0) is 59.9 Å². The zero-order valence-corrected chi connectivity index (χ0v) is 21.1. The van der Waals surface area contributed by atoms with E-state index in [9.17, 15) is 18.0 Å². The molecule has 2 atom stereocenters. The fourth-order valence-corrected chi connectivity index (χ4v) is 5.18. The molecule has 0 amide bonds. The predicted octanol–water partition coefficient (Wildman–Crippen LogP) is 6.71. The number of benzene rings is 3. The Hall–Kier alpha value is -4.14. The van der Waals surface area contributed by atoms with Crippen LogP contribution in [0.1, 0.15) is 41.5 Å². The van der Waals surface area contributed by atoms with Crippen molar-refractivity contribution in [2.75, 3.05) is 32.0 Å². The molecule has 0 radical (unpaired) electrons. The summed E-state index contributed by atoms with van der Waals surface area (Å²) in [5.41, 5.74) is 3.48. The number of para-hydroxylation sites is 2. The number of allylic oxidation sites excluding steroid dienone is 1. The van der Waals surface area contributed by atoms with Crippen LogP contribution in [-0.4, -0.2) is 27.1 Å². The van der Waals surface area contributed by atoms with Gasteiger partial charge in [0.05, 0.1) is 44.3 Å². The van der Waals surface area contributed by atoms with Crippen molar-refractivity contribution in [2.45, 2.75) is 31.0 Å². The number of fused-ring (bicyclic) bond motifs is 1. The molecule has 5 rings (SSSR count). The van der Waals surface area contributed by atoms with E-state index in [2.05, 4.69) is 10.6 Å². The highest BCUT2D eigenvalue weighted by molar-refractivity contribution is 6.01. The molecule has 1 aliphatic carbocycles. The van der Waals surface area contributed by atoms with Crippen LogP contribution in [0.2, 0.25) is 0 Å². The van der Waals surface area contributed by atoms with Crippen molar-refractivity contribution in [3.05, 3.63) is 88.6 Å². The number of alkyl halides is 3. The highest BCUT2D eigenvalue weighted by Gasteiger charge is 2.37. The fraction of sp³-hybridized carbons (Fsp3) is 0.276. The van der Waals surface area contributed by atoms with Gasteiger partial charge < -0.3 is 24.8 Å². The van der Waals surface area contributed by atoms with E-state index in [-0.39, 0.29) is 18.1 Å². The molecule has 1 heterocycles. The lowest BCUT2D eigenvalue weighted by Gasteiger charge is -2.30. The molecule has 2 N–H and O–H groups in total. The lowest BCUT2D eigenvalue weighted by Crippen LogP contribution is -2.27. The summed E-state index contributed by atoms with van der Waals surface area (Å²) in [4.78, 5) is 13.8. The number of hydrogen-bond donors (Lipinski definition) is 2. The number of anilines is 2. The molecule has 198 valence electrons. The third-order valence-corrected chi connectivity index (χ3v) is 7.04. The van der Waals surface area contributed by atoms with Gasteiger partial charge in [0.1, 0.15) is 0 Å². The second kappa shape index (κ2) is 9.96. The quantitative estimate of drug-likeness (QED) is 0.387. The molecule has 0 fully saturated rings. The van der Waals surface area contributed by atoms with Gasteiger partial charge >= 0.3 is 6.18 Å².